The maximum Gasteiger partial charge on any atom is 0.0184 e. The third-order valence-corrected chi connectivity index (χ3v) is 5.06. The van der Waals surface area contributed by atoms with Crippen LogP contribution in [0.5, 0.6) is 0 Å². The molecule has 0 atom stereocenters. The summed E-state index contributed by atoms with van der Waals surface area (Å²) in [5, 5.41) is 0. The third kappa shape index (κ3) is 2.64. The predicted molar refractivity (Wildman–Crippen MR) is 94.1 cm³/mol. The van der Waals surface area contributed by atoms with E-state index in [0.717, 1.165) is 12.8 Å². The Balaban J connectivity index is 2.23. The van der Waals surface area contributed by atoms with Crippen molar-refractivity contribution in [2.75, 3.05) is 0 Å². The zero-order valence-corrected chi connectivity index (χ0v) is 14.8. The summed E-state index contributed by atoms with van der Waals surface area (Å²) in [6.45, 7) is 4.44. The summed E-state index contributed by atoms with van der Waals surface area (Å²) in [7, 11) is 0. The Labute approximate surface area is 137 Å². The summed E-state index contributed by atoms with van der Waals surface area (Å²) < 4.78 is 2.33. The molecule has 0 nitrogen and oxygen atoms in total. The summed E-state index contributed by atoms with van der Waals surface area (Å²) >= 11 is 7.26. The summed E-state index contributed by atoms with van der Waals surface area (Å²) in [6, 6.07) is 8.90. The molecule has 0 unspecified atom stereocenters. The van der Waals surface area contributed by atoms with Crippen LogP contribution in [-0.2, 0) is 12.8 Å². The average molecular weight is 392 g/mol. The molecule has 0 saturated carbocycles. The van der Waals surface area contributed by atoms with Crippen LogP contribution in [0.1, 0.15) is 33.4 Å². The first-order chi connectivity index (χ1) is 9.54. The maximum atomic E-state index is 3.63. The van der Waals surface area contributed by atoms with Crippen LogP contribution in [0.15, 0.2) is 33.2 Å². The molecular weight excluding hydrogens is 376 g/mol. The Morgan fingerprint density at radius 1 is 0.700 bits per heavy atom. The van der Waals surface area contributed by atoms with Crippen LogP contribution in [0.2, 0.25) is 0 Å². The van der Waals surface area contributed by atoms with Crippen molar-refractivity contribution >= 4 is 44.0 Å². The molecule has 20 heavy (non-hydrogen) atoms. The lowest BCUT2D eigenvalue weighted by Crippen LogP contribution is -2.01. The molecule has 102 valence electrons. The van der Waals surface area contributed by atoms with Gasteiger partial charge >= 0.3 is 0 Å². The minimum atomic E-state index is 1.09. The molecule has 0 spiro atoms. The molecule has 0 aliphatic heterocycles. The van der Waals surface area contributed by atoms with Crippen LogP contribution in [0, 0.1) is 13.8 Å². The first-order valence-corrected chi connectivity index (χ1v) is 8.39. The van der Waals surface area contributed by atoms with E-state index in [0.29, 0.717) is 0 Å². The smallest absolute Gasteiger partial charge is 0.0184 e. The highest BCUT2D eigenvalue weighted by Crippen LogP contribution is 2.29. The third-order valence-electron chi connectivity index (χ3n) is 4.15. The molecule has 0 heterocycles. The molecule has 3 rings (SSSR count). The SMILES string of the molecule is Cc1c2cc(Br)cc1CCc1cc(Br)cc(c1C)/C=C\2. The summed E-state index contributed by atoms with van der Waals surface area (Å²) in [5.41, 5.74) is 8.26. The van der Waals surface area contributed by atoms with E-state index < -0.39 is 0 Å². The van der Waals surface area contributed by atoms with E-state index in [1.54, 1.807) is 0 Å². The lowest BCUT2D eigenvalue weighted by atomic mass is 9.91. The minimum Gasteiger partial charge on any atom is -0.0541 e. The number of hydrogen-bond donors (Lipinski definition) is 0. The van der Waals surface area contributed by atoms with Gasteiger partial charge in [0.25, 0.3) is 0 Å². The van der Waals surface area contributed by atoms with Gasteiger partial charge in [-0.1, -0.05) is 44.0 Å². The molecule has 1 aliphatic carbocycles. The van der Waals surface area contributed by atoms with Crippen LogP contribution in [0.3, 0.4) is 0 Å². The number of benzene rings is 2. The molecule has 2 heteroatoms. The zero-order valence-electron chi connectivity index (χ0n) is 11.6. The average Bonchev–Trinajstić information content (AvgIpc) is 2.40. The molecule has 1 aliphatic rings. The van der Waals surface area contributed by atoms with Gasteiger partial charge < -0.3 is 0 Å². The Kier molecular flexibility index (Phi) is 3.87. The number of aryl methyl sites for hydroxylation is 2. The van der Waals surface area contributed by atoms with Crippen LogP contribution in [0.25, 0.3) is 12.2 Å². The highest BCUT2D eigenvalue weighted by Gasteiger charge is 2.10. The van der Waals surface area contributed by atoms with E-state index in [2.05, 4.69) is 82.1 Å². The molecule has 0 aromatic heterocycles. The Bertz CT molecular complexity index is 650. The molecule has 0 radical (unpaired) electrons. The highest BCUT2D eigenvalue weighted by atomic mass is 79.9. The monoisotopic (exact) mass is 390 g/mol. The van der Waals surface area contributed by atoms with Crippen molar-refractivity contribution in [2.45, 2.75) is 26.7 Å². The molecule has 4 bridgehead atoms. The van der Waals surface area contributed by atoms with Gasteiger partial charge in [-0.05, 0) is 84.3 Å². The van der Waals surface area contributed by atoms with Gasteiger partial charge in [-0.2, -0.15) is 0 Å². The number of rotatable bonds is 0. The van der Waals surface area contributed by atoms with Gasteiger partial charge in [-0.3, -0.25) is 0 Å². The van der Waals surface area contributed by atoms with Crippen LogP contribution >= 0.6 is 31.9 Å². The number of halogens is 2. The lowest BCUT2D eigenvalue weighted by molar-refractivity contribution is 0.934. The normalized spacial score (nSPS) is 15.0. The second kappa shape index (κ2) is 5.50. The Morgan fingerprint density at radius 2 is 1.10 bits per heavy atom. The highest BCUT2D eigenvalue weighted by molar-refractivity contribution is 9.10. The van der Waals surface area contributed by atoms with Gasteiger partial charge in [-0.25, -0.2) is 0 Å². The first kappa shape index (κ1) is 14.1. The summed E-state index contributed by atoms with van der Waals surface area (Å²) in [4.78, 5) is 0. The van der Waals surface area contributed by atoms with E-state index >= 15 is 0 Å². The maximum absolute atomic E-state index is 3.63. The van der Waals surface area contributed by atoms with Gasteiger partial charge in [-0.15, -0.1) is 0 Å². The van der Waals surface area contributed by atoms with Crippen LogP contribution in [0.4, 0.5) is 0 Å². The lowest BCUT2D eigenvalue weighted by Gasteiger charge is -2.15. The summed E-state index contributed by atoms with van der Waals surface area (Å²) in [6.07, 6.45) is 6.63. The van der Waals surface area contributed by atoms with Crippen molar-refractivity contribution in [3.63, 3.8) is 0 Å². The van der Waals surface area contributed by atoms with Crippen molar-refractivity contribution in [2.24, 2.45) is 0 Å². The number of fused-ring (bicyclic) bond motifs is 4. The van der Waals surface area contributed by atoms with E-state index in [4.69, 9.17) is 0 Å². The summed E-state index contributed by atoms with van der Waals surface area (Å²) in [5.74, 6) is 0. The van der Waals surface area contributed by atoms with Gasteiger partial charge in [0.1, 0.15) is 0 Å². The van der Waals surface area contributed by atoms with E-state index in [-0.39, 0.29) is 0 Å². The molecule has 0 fully saturated rings. The fraction of sp³-hybridized carbons (Fsp3) is 0.222. The molecule has 2 aromatic carbocycles. The van der Waals surface area contributed by atoms with Crippen LogP contribution < -0.4 is 0 Å². The molecule has 0 amide bonds. The van der Waals surface area contributed by atoms with Gasteiger partial charge in [0, 0.05) is 8.95 Å². The molecule has 0 saturated heterocycles. The van der Waals surface area contributed by atoms with Crippen molar-refractivity contribution < 1.29 is 0 Å². The molecule has 2 aromatic rings. The second-order valence-corrected chi connectivity index (χ2v) is 7.22. The Hall–Kier alpha value is -0.860. The fourth-order valence-electron chi connectivity index (χ4n) is 2.83. The zero-order chi connectivity index (χ0) is 14.3. The minimum absolute atomic E-state index is 1.09. The van der Waals surface area contributed by atoms with Crippen molar-refractivity contribution in [3.05, 3.63) is 66.6 Å². The predicted octanol–water partition coefficient (Wildman–Crippen LogP) is 6.10. The van der Waals surface area contributed by atoms with E-state index in [9.17, 15) is 0 Å². The van der Waals surface area contributed by atoms with Crippen LogP contribution in [-0.4, -0.2) is 0 Å². The standard InChI is InChI=1S/C18H16Br2/c1-11-13-3-5-15-9-18(20)10-16(12(15)2)6-4-14(11)8-17(19)7-13/h3,5,7-10H,4,6H2,1-2H3/b5-3-. The van der Waals surface area contributed by atoms with Gasteiger partial charge in [0.05, 0.1) is 0 Å². The molecule has 0 N–H and O–H groups in total. The van der Waals surface area contributed by atoms with Gasteiger partial charge in [0.15, 0.2) is 0 Å². The topological polar surface area (TPSA) is 0 Å². The van der Waals surface area contributed by atoms with E-state index in [1.165, 1.54) is 42.3 Å². The second-order valence-electron chi connectivity index (χ2n) is 5.39. The van der Waals surface area contributed by atoms with E-state index in [1.807, 2.05) is 0 Å². The fourth-order valence-corrected chi connectivity index (χ4v) is 3.88. The Morgan fingerprint density at radius 3 is 1.50 bits per heavy atom. The van der Waals surface area contributed by atoms with Crippen molar-refractivity contribution in [1.82, 2.24) is 0 Å². The molecular formula is C18H16Br2. The van der Waals surface area contributed by atoms with Crippen molar-refractivity contribution in [1.29, 1.82) is 0 Å². The quantitative estimate of drug-likeness (QED) is 0.509. The number of hydrogen-bond acceptors (Lipinski definition) is 0. The van der Waals surface area contributed by atoms with Gasteiger partial charge in [0.2, 0.25) is 0 Å². The van der Waals surface area contributed by atoms with Crippen molar-refractivity contribution in [3.8, 4) is 0 Å². The first-order valence-electron chi connectivity index (χ1n) is 6.81. The largest absolute Gasteiger partial charge is 0.0541 e.